The second kappa shape index (κ2) is 10.8. The Morgan fingerprint density at radius 1 is 0.968 bits per heavy atom. The van der Waals surface area contributed by atoms with Crippen LogP contribution in [0.5, 0.6) is 11.5 Å². The topological polar surface area (TPSA) is 97.4 Å². The number of aryl methyl sites for hydroxylation is 2. The fourth-order valence-electron chi connectivity index (χ4n) is 2.81. The Morgan fingerprint density at radius 3 is 2.45 bits per heavy atom. The van der Waals surface area contributed by atoms with Crippen molar-refractivity contribution in [1.82, 2.24) is 15.3 Å². The van der Waals surface area contributed by atoms with Gasteiger partial charge in [0.25, 0.3) is 5.91 Å². The van der Waals surface area contributed by atoms with E-state index < -0.39 is 0 Å². The number of ether oxygens (including phenoxy) is 2. The quantitative estimate of drug-likeness (QED) is 0.431. The van der Waals surface area contributed by atoms with Gasteiger partial charge < -0.3 is 25.4 Å². The van der Waals surface area contributed by atoms with E-state index in [4.69, 9.17) is 9.47 Å². The van der Waals surface area contributed by atoms with Crippen molar-refractivity contribution >= 4 is 23.4 Å². The van der Waals surface area contributed by atoms with E-state index in [-0.39, 0.29) is 12.5 Å². The van der Waals surface area contributed by atoms with Crippen LogP contribution >= 0.6 is 0 Å². The largest absolute Gasteiger partial charge is 0.493 e. The van der Waals surface area contributed by atoms with Crippen molar-refractivity contribution in [2.75, 3.05) is 37.4 Å². The van der Waals surface area contributed by atoms with E-state index in [0.29, 0.717) is 36.4 Å². The molecule has 1 heterocycles. The van der Waals surface area contributed by atoms with Crippen LogP contribution in [0.3, 0.4) is 0 Å². The summed E-state index contributed by atoms with van der Waals surface area (Å²) in [6.45, 7) is 4.75. The Kier molecular flexibility index (Phi) is 7.64. The number of hydrogen-bond donors (Lipinski definition) is 3. The molecule has 0 bridgehead atoms. The molecule has 8 nitrogen and oxygen atoms in total. The second-order valence-electron chi connectivity index (χ2n) is 6.93. The summed E-state index contributed by atoms with van der Waals surface area (Å²) in [5.74, 6) is 2.09. The molecule has 0 saturated heterocycles. The molecule has 1 aromatic heterocycles. The van der Waals surface area contributed by atoms with E-state index in [1.807, 2.05) is 56.3 Å². The first-order valence-electron chi connectivity index (χ1n) is 9.99. The zero-order chi connectivity index (χ0) is 22.1. The van der Waals surface area contributed by atoms with Gasteiger partial charge in [0.2, 0.25) is 5.95 Å². The van der Waals surface area contributed by atoms with Crippen molar-refractivity contribution in [3.05, 3.63) is 65.9 Å². The molecule has 0 aliphatic carbocycles. The molecule has 0 atom stereocenters. The Balaban J connectivity index is 1.44. The van der Waals surface area contributed by atoms with Crippen molar-refractivity contribution in [1.29, 1.82) is 0 Å². The SMILES string of the molecule is COc1ccccc1OCC(=O)NCCNc1nc(C)cc(Nc2ccc(C)cc2)n1. The second-order valence-corrected chi connectivity index (χ2v) is 6.93. The molecule has 0 saturated carbocycles. The maximum atomic E-state index is 12.0. The van der Waals surface area contributed by atoms with Crippen LogP contribution in [-0.4, -0.2) is 42.7 Å². The molecule has 0 aliphatic heterocycles. The smallest absolute Gasteiger partial charge is 0.258 e. The maximum absolute atomic E-state index is 12.0. The standard InChI is InChI=1S/C23H27N5O3/c1-16-8-10-18(11-9-16)27-21-14-17(2)26-23(28-21)25-13-12-24-22(29)15-31-20-7-5-4-6-19(20)30-3/h4-11,14H,12-13,15H2,1-3H3,(H,24,29)(H2,25,26,27,28). The summed E-state index contributed by atoms with van der Waals surface area (Å²) in [4.78, 5) is 20.9. The van der Waals surface area contributed by atoms with Crippen LogP contribution in [0.4, 0.5) is 17.5 Å². The zero-order valence-corrected chi connectivity index (χ0v) is 17.9. The van der Waals surface area contributed by atoms with Gasteiger partial charge in [-0.15, -0.1) is 0 Å². The van der Waals surface area contributed by atoms with Crippen LogP contribution in [0.2, 0.25) is 0 Å². The Morgan fingerprint density at radius 2 is 1.71 bits per heavy atom. The molecule has 0 spiro atoms. The number of methoxy groups -OCH3 is 1. The number of rotatable bonds is 10. The first kappa shape index (κ1) is 21.9. The molecule has 2 aromatic carbocycles. The van der Waals surface area contributed by atoms with Gasteiger partial charge in [0.05, 0.1) is 7.11 Å². The van der Waals surface area contributed by atoms with Crippen molar-refractivity contribution in [2.45, 2.75) is 13.8 Å². The number of benzene rings is 2. The van der Waals surface area contributed by atoms with Gasteiger partial charge in [-0.25, -0.2) is 4.98 Å². The molecule has 3 rings (SSSR count). The number of aromatic nitrogens is 2. The van der Waals surface area contributed by atoms with E-state index in [1.54, 1.807) is 19.2 Å². The molecule has 0 aliphatic rings. The molecule has 8 heteroatoms. The molecule has 162 valence electrons. The third-order valence-electron chi connectivity index (χ3n) is 4.34. The molecule has 0 fully saturated rings. The molecular weight excluding hydrogens is 394 g/mol. The van der Waals surface area contributed by atoms with Gasteiger partial charge in [-0.3, -0.25) is 4.79 Å². The Hall–Kier alpha value is -3.81. The highest BCUT2D eigenvalue weighted by Crippen LogP contribution is 2.25. The lowest BCUT2D eigenvalue weighted by Gasteiger charge is -2.12. The lowest BCUT2D eigenvalue weighted by atomic mass is 10.2. The van der Waals surface area contributed by atoms with E-state index in [9.17, 15) is 4.79 Å². The number of nitrogens with zero attached hydrogens (tertiary/aromatic N) is 2. The molecule has 31 heavy (non-hydrogen) atoms. The molecule has 0 radical (unpaired) electrons. The van der Waals surface area contributed by atoms with Crippen LogP contribution in [0.15, 0.2) is 54.6 Å². The van der Waals surface area contributed by atoms with Gasteiger partial charge in [-0.2, -0.15) is 4.98 Å². The summed E-state index contributed by atoms with van der Waals surface area (Å²) in [6, 6.07) is 17.2. The fraction of sp³-hybridized carbons (Fsp3) is 0.261. The van der Waals surface area contributed by atoms with E-state index in [2.05, 4.69) is 25.9 Å². The lowest BCUT2D eigenvalue weighted by Crippen LogP contribution is -2.33. The summed E-state index contributed by atoms with van der Waals surface area (Å²) in [5, 5.41) is 9.20. The lowest BCUT2D eigenvalue weighted by molar-refractivity contribution is -0.123. The number of carbonyl (C=O) groups is 1. The van der Waals surface area contributed by atoms with Crippen molar-refractivity contribution in [2.24, 2.45) is 0 Å². The van der Waals surface area contributed by atoms with Gasteiger partial charge in [-0.05, 0) is 38.1 Å². The normalized spacial score (nSPS) is 10.3. The summed E-state index contributed by atoms with van der Waals surface area (Å²) in [7, 11) is 1.56. The van der Waals surface area contributed by atoms with Crippen molar-refractivity contribution in [3.63, 3.8) is 0 Å². The van der Waals surface area contributed by atoms with E-state index >= 15 is 0 Å². The van der Waals surface area contributed by atoms with Gasteiger partial charge in [-0.1, -0.05) is 29.8 Å². The number of nitrogens with one attached hydrogen (secondary N) is 3. The van der Waals surface area contributed by atoms with Crippen LogP contribution in [0, 0.1) is 13.8 Å². The van der Waals surface area contributed by atoms with Crippen LogP contribution < -0.4 is 25.4 Å². The third kappa shape index (κ3) is 6.88. The van der Waals surface area contributed by atoms with Crippen LogP contribution in [0.25, 0.3) is 0 Å². The minimum Gasteiger partial charge on any atom is -0.493 e. The van der Waals surface area contributed by atoms with Gasteiger partial charge >= 0.3 is 0 Å². The number of para-hydroxylation sites is 2. The Labute approximate surface area is 182 Å². The number of amides is 1. The first-order valence-corrected chi connectivity index (χ1v) is 9.99. The summed E-state index contributed by atoms with van der Waals surface area (Å²) in [5.41, 5.74) is 2.99. The fourth-order valence-corrected chi connectivity index (χ4v) is 2.81. The molecule has 1 amide bonds. The minimum absolute atomic E-state index is 0.0913. The van der Waals surface area contributed by atoms with Crippen LogP contribution in [0.1, 0.15) is 11.3 Å². The highest BCUT2D eigenvalue weighted by molar-refractivity contribution is 5.77. The summed E-state index contributed by atoms with van der Waals surface area (Å²) in [6.07, 6.45) is 0. The predicted octanol–water partition coefficient (Wildman–Crippen LogP) is 3.45. The maximum Gasteiger partial charge on any atom is 0.258 e. The monoisotopic (exact) mass is 421 g/mol. The van der Waals surface area contributed by atoms with Gasteiger partial charge in [0.15, 0.2) is 18.1 Å². The molecule has 3 aromatic rings. The summed E-state index contributed by atoms with van der Waals surface area (Å²) < 4.78 is 10.7. The Bertz CT molecular complexity index is 1010. The average Bonchev–Trinajstić information content (AvgIpc) is 2.77. The first-order chi connectivity index (χ1) is 15.0. The predicted molar refractivity (Wildman–Crippen MR) is 121 cm³/mol. The summed E-state index contributed by atoms with van der Waals surface area (Å²) >= 11 is 0. The highest BCUT2D eigenvalue weighted by Gasteiger charge is 2.07. The highest BCUT2D eigenvalue weighted by atomic mass is 16.5. The average molecular weight is 422 g/mol. The van der Waals surface area contributed by atoms with Gasteiger partial charge in [0.1, 0.15) is 5.82 Å². The van der Waals surface area contributed by atoms with E-state index in [1.165, 1.54) is 5.56 Å². The van der Waals surface area contributed by atoms with Crippen molar-refractivity contribution in [3.8, 4) is 11.5 Å². The number of hydrogen-bond acceptors (Lipinski definition) is 7. The molecule has 3 N–H and O–H groups in total. The minimum atomic E-state index is -0.223. The zero-order valence-electron chi connectivity index (χ0n) is 17.9. The third-order valence-corrected chi connectivity index (χ3v) is 4.34. The number of anilines is 3. The number of carbonyl (C=O) groups excluding carboxylic acids is 1. The van der Waals surface area contributed by atoms with E-state index in [0.717, 1.165) is 11.4 Å². The molecular formula is C23H27N5O3. The van der Waals surface area contributed by atoms with Crippen molar-refractivity contribution < 1.29 is 14.3 Å². The van der Waals surface area contributed by atoms with Crippen LogP contribution in [-0.2, 0) is 4.79 Å². The van der Waals surface area contributed by atoms with Gasteiger partial charge in [0, 0.05) is 30.5 Å². The molecule has 0 unspecified atom stereocenters.